The third-order valence-electron chi connectivity index (χ3n) is 9.56. The van der Waals surface area contributed by atoms with Gasteiger partial charge in [-0.05, 0) is 49.9 Å². The fourth-order valence-corrected chi connectivity index (χ4v) is 8.06. The second-order valence-corrected chi connectivity index (χ2v) is 10.3. The minimum Gasteiger partial charge on any atom is -0.469 e. The first-order valence-corrected chi connectivity index (χ1v) is 11.5. The van der Waals surface area contributed by atoms with E-state index in [1.54, 1.807) is 0 Å². The van der Waals surface area contributed by atoms with Gasteiger partial charge < -0.3 is 23.7 Å². The molecule has 6 heteroatoms. The highest BCUT2D eigenvalue weighted by molar-refractivity contribution is 5.69. The van der Waals surface area contributed by atoms with Gasteiger partial charge in [-0.1, -0.05) is 13.8 Å². The van der Waals surface area contributed by atoms with Gasteiger partial charge in [-0.15, -0.1) is 0 Å². The number of hydrogen-bond donors (Lipinski definition) is 0. The molecule has 0 aromatic rings. The molecule has 29 heavy (non-hydrogen) atoms. The Hall–Kier alpha value is -0.690. The number of hydrogen-bond acceptors (Lipinski definition) is 6. The lowest BCUT2D eigenvalue weighted by molar-refractivity contribution is -0.302. The summed E-state index contributed by atoms with van der Waals surface area (Å²) in [4.78, 5) is 12.0. The van der Waals surface area contributed by atoms with E-state index in [9.17, 15) is 4.79 Å². The van der Waals surface area contributed by atoms with Gasteiger partial charge in [0, 0.05) is 30.1 Å². The maximum atomic E-state index is 12.0. The fraction of sp³-hybridized carbons (Fsp3) is 0.957. The van der Waals surface area contributed by atoms with Crippen molar-refractivity contribution < 1.29 is 28.5 Å². The van der Waals surface area contributed by atoms with Crippen molar-refractivity contribution in [3.63, 3.8) is 0 Å². The van der Waals surface area contributed by atoms with Crippen LogP contribution >= 0.6 is 0 Å². The van der Waals surface area contributed by atoms with Crippen molar-refractivity contribution in [3.8, 4) is 0 Å². The SMILES string of the molecule is COC(=O)CC[C@]1(C)[C@H]2CC[C@@]3(C)[C@@H](CCC34OCCO4)[C@@H]2CCC12OCCO2. The number of ether oxygens (including phenoxy) is 5. The van der Waals surface area contributed by atoms with Crippen LogP contribution in [0.2, 0.25) is 0 Å². The van der Waals surface area contributed by atoms with Crippen molar-refractivity contribution in [1.82, 2.24) is 0 Å². The summed E-state index contributed by atoms with van der Waals surface area (Å²) in [6.45, 7) is 7.46. The van der Waals surface area contributed by atoms with Crippen LogP contribution in [0.3, 0.4) is 0 Å². The molecule has 3 saturated carbocycles. The Labute approximate surface area is 173 Å². The van der Waals surface area contributed by atoms with Gasteiger partial charge in [-0.25, -0.2) is 0 Å². The van der Waals surface area contributed by atoms with Crippen LogP contribution in [0.5, 0.6) is 0 Å². The second-order valence-electron chi connectivity index (χ2n) is 10.3. The Morgan fingerprint density at radius 3 is 2.10 bits per heavy atom. The number of carbonyl (C=O) groups excluding carboxylic acids is 1. The molecule has 2 saturated heterocycles. The highest BCUT2D eigenvalue weighted by atomic mass is 16.7. The second kappa shape index (κ2) is 6.91. The van der Waals surface area contributed by atoms with E-state index < -0.39 is 5.79 Å². The smallest absolute Gasteiger partial charge is 0.305 e. The van der Waals surface area contributed by atoms with E-state index >= 15 is 0 Å². The Morgan fingerprint density at radius 1 is 0.862 bits per heavy atom. The molecule has 0 aromatic carbocycles. The largest absolute Gasteiger partial charge is 0.469 e. The van der Waals surface area contributed by atoms with Gasteiger partial charge in [0.05, 0.1) is 33.5 Å². The van der Waals surface area contributed by atoms with E-state index in [0.29, 0.717) is 37.4 Å². The quantitative estimate of drug-likeness (QED) is 0.664. The molecule has 164 valence electrons. The summed E-state index contributed by atoms with van der Waals surface area (Å²) in [6, 6.07) is 0. The van der Waals surface area contributed by atoms with E-state index in [0.717, 1.165) is 51.7 Å². The molecule has 5 aliphatic rings. The topological polar surface area (TPSA) is 63.2 Å². The van der Waals surface area contributed by atoms with Crippen molar-refractivity contribution in [3.05, 3.63) is 0 Å². The summed E-state index contributed by atoms with van der Waals surface area (Å²) < 4.78 is 30.1. The Morgan fingerprint density at radius 2 is 1.45 bits per heavy atom. The van der Waals surface area contributed by atoms with Gasteiger partial charge in [-0.3, -0.25) is 4.79 Å². The Kier molecular flexibility index (Phi) is 4.82. The number of esters is 1. The highest BCUT2D eigenvalue weighted by Crippen LogP contribution is 2.70. The lowest BCUT2D eigenvalue weighted by Gasteiger charge is -2.61. The summed E-state index contributed by atoms with van der Waals surface area (Å²) in [7, 11) is 1.47. The molecule has 0 aromatic heterocycles. The van der Waals surface area contributed by atoms with Gasteiger partial charge in [-0.2, -0.15) is 0 Å². The van der Waals surface area contributed by atoms with E-state index in [2.05, 4.69) is 13.8 Å². The predicted octanol–water partition coefficient (Wildman–Crippen LogP) is 3.67. The number of rotatable bonds is 3. The molecule has 5 fully saturated rings. The van der Waals surface area contributed by atoms with Gasteiger partial charge in [0.25, 0.3) is 0 Å². The van der Waals surface area contributed by atoms with Crippen LogP contribution < -0.4 is 0 Å². The van der Waals surface area contributed by atoms with Crippen molar-refractivity contribution in [1.29, 1.82) is 0 Å². The third-order valence-corrected chi connectivity index (χ3v) is 9.56. The van der Waals surface area contributed by atoms with Crippen LogP contribution in [-0.4, -0.2) is 51.1 Å². The monoisotopic (exact) mass is 408 g/mol. The fourth-order valence-electron chi connectivity index (χ4n) is 8.06. The molecule has 2 heterocycles. The van der Waals surface area contributed by atoms with Gasteiger partial charge >= 0.3 is 5.97 Å². The Bertz CT molecular complexity index is 652. The minimum atomic E-state index is -0.549. The molecular weight excluding hydrogens is 372 g/mol. The summed E-state index contributed by atoms with van der Waals surface area (Å²) >= 11 is 0. The predicted molar refractivity (Wildman–Crippen MR) is 105 cm³/mol. The average Bonchev–Trinajstić information content (AvgIpc) is 3.45. The molecule has 2 spiro atoms. The van der Waals surface area contributed by atoms with Crippen LogP contribution in [0, 0.1) is 28.6 Å². The van der Waals surface area contributed by atoms with Crippen molar-refractivity contribution in [2.24, 2.45) is 28.6 Å². The maximum absolute atomic E-state index is 12.0. The maximum Gasteiger partial charge on any atom is 0.305 e. The lowest BCUT2D eigenvalue weighted by atomic mass is 9.47. The first kappa shape index (κ1) is 20.2. The van der Waals surface area contributed by atoms with Crippen LogP contribution in [0.1, 0.15) is 65.2 Å². The van der Waals surface area contributed by atoms with E-state index in [-0.39, 0.29) is 22.6 Å². The lowest BCUT2D eigenvalue weighted by Crippen LogP contribution is -2.62. The first-order chi connectivity index (χ1) is 13.9. The van der Waals surface area contributed by atoms with Crippen molar-refractivity contribution in [2.45, 2.75) is 76.8 Å². The Balaban J connectivity index is 1.46. The first-order valence-electron chi connectivity index (χ1n) is 11.5. The summed E-state index contributed by atoms with van der Waals surface area (Å²) in [5, 5.41) is 0. The number of methoxy groups -OCH3 is 1. The zero-order valence-electron chi connectivity index (χ0n) is 18.2. The molecule has 5 rings (SSSR count). The van der Waals surface area contributed by atoms with Gasteiger partial charge in [0.1, 0.15) is 0 Å². The molecule has 2 aliphatic heterocycles. The standard InChI is InChI=1S/C23H36O6/c1-20-8-5-17-16(18(20)6-11-23(20)28-14-15-29-23)4-10-22(26-12-13-27-22)21(17,2)9-7-19(24)25-3/h16-18H,4-15H2,1-3H3/t16-,17+,18+,20+,21-/m1/s1. The molecule has 3 aliphatic carbocycles. The van der Waals surface area contributed by atoms with Crippen LogP contribution in [0.4, 0.5) is 0 Å². The molecule has 0 radical (unpaired) electrons. The summed E-state index contributed by atoms with van der Waals surface area (Å²) in [6.07, 6.45) is 7.59. The van der Waals surface area contributed by atoms with Crippen LogP contribution in [0.25, 0.3) is 0 Å². The van der Waals surface area contributed by atoms with Crippen molar-refractivity contribution in [2.75, 3.05) is 33.5 Å². The van der Waals surface area contributed by atoms with E-state index in [4.69, 9.17) is 23.7 Å². The molecule has 0 unspecified atom stereocenters. The molecule has 0 bridgehead atoms. The highest BCUT2D eigenvalue weighted by Gasteiger charge is 2.70. The van der Waals surface area contributed by atoms with Gasteiger partial charge in [0.2, 0.25) is 0 Å². The molecule has 6 nitrogen and oxygen atoms in total. The molecule has 0 N–H and O–H groups in total. The molecule has 5 atom stereocenters. The van der Waals surface area contributed by atoms with Gasteiger partial charge in [0.15, 0.2) is 11.6 Å². The van der Waals surface area contributed by atoms with Crippen molar-refractivity contribution >= 4 is 5.97 Å². The average molecular weight is 409 g/mol. The van der Waals surface area contributed by atoms with Crippen LogP contribution in [-0.2, 0) is 28.5 Å². The zero-order chi connectivity index (χ0) is 20.3. The number of fused-ring (bicyclic) bond motifs is 4. The van der Waals surface area contributed by atoms with Crippen LogP contribution in [0.15, 0.2) is 0 Å². The summed E-state index contributed by atoms with van der Waals surface area (Å²) in [5.41, 5.74) is -0.106. The minimum absolute atomic E-state index is 0.0792. The number of carbonyl (C=O) groups is 1. The zero-order valence-corrected chi connectivity index (χ0v) is 18.2. The normalized spacial score (nSPS) is 44.7. The third kappa shape index (κ3) is 2.65. The van der Waals surface area contributed by atoms with E-state index in [1.807, 2.05) is 0 Å². The molecular formula is C23H36O6. The molecule has 0 amide bonds. The summed E-state index contributed by atoms with van der Waals surface area (Å²) in [5.74, 6) is 0.605. The van der Waals surface area contributed by atoms with E-state index in [1.165, 1.54) is 13.5 Å².